The van der Waals surface area contributed by atoms with Crippen molar-refractivity contribution in [2.75, 3.05) is 12.4 Å². The van der Waals surface area contributed by atoms with Gasteiger partial charge in [0.05, 0.1) is 24.4 Å². The van der Waals surface area contributed by atoms with Crippen LogP contribution in [0.1, 0.15) is 21.5 Å². The molecule has 4 nitrogen and oxygen atoms in total. The van der Waals surface area contributed by atoms with Crippen molar-refractivity contribution >= 4 is 27.5 Å². The predicted molar refractivity (Wildman–Crippen MR) is 84.7 cm³/mol. The van der Waals surface area contributed by atoms with E-state index < -0.39 is 0 Å². The summed E-state index contributed by atoms with van der Waals surface area (Å²) in [5, 5.41) is 12.4. The quantitative estimate of drug-likeness (QED) is 0.860. The number of ether oxygens (including phenoxy) is 1. The number of amides is 1. The highest BCUT2D eigenvalue weighted by Gasteiger charge is 2.10. The number of rotatable bonds is 4. The SMILES string of the molecule is COc1cc(C#N)ccc1NC(=O)c1ccc(CBr)cc1. The Kier molecular flexibility index (Phi) is 4.96. The lowest BCUT2D eigenvalue weighted by Crippen LogP contribution is -2.12. The lowest BCUT2D eigenvalue weighted by Gasteiger charge is -2.10. The highest BCUT2D eigenvalue weighted by Crippen LogP contribution is 2.25. The van der Waals surface area contributed by atoms with Crippen LogP contribution in [0, 0.1) is 11.3 Å². The maximum absolute atomic E-state index is 12.2. The number of carbonyl (C=O) groups is 1. The number of carbonyl (C=O) groups excluding carboxylic acids is 1. The third-order valence-electron chi connectivity index (χ3n) is 2.95. The largest absolute Gasteiger partial charge is 0.495 e. The minimum absolute atomic E-state index is 0.223. The number of hydrogen-bond acceptors (Lipinski definition) is 3. The zero-order chi connectivity index (χ0) is 15.2. The minimum atomic E-state index is -0.223. The molecule has 0 saturated carbocycles. The molecule has 0 unspecified atom stereocenters. The number of benzene rings is 2. The fraction of sp³-hybridized carbons (Fsp3) is 0.125. The summed E-state index contributed by atoms with van der Waals surface area (Å²) >= 11 is 3.36. The summed E-state index contributed by atoms with van der Waals surface area (Å²) < 4.78 is 5.19. The fourth-order valence-corrected chi connectivity index (χ4v) is 2.18. The van der Waals surface area contributed by atoms with Crippen molar-refractivity contribution in [1.29, 1.82) is 5.26 Å². The Morgan fingerprint density at radius 3 is 2.57 bits per heavy atom. The number of methoxy groups -OCH3 is 1. The molecule has 0 aliphatic heterocycles. The van der Waals surface area contributed by atoms with E-state index in [4.69, 9.17) is 10.00 Å². The van der Waals surface area contributed by atoms with Crippen molar-refractivity contribution < 1.29 is 9.53 Å². The van der Waals surface area contributed by atoms with Crippen molar-refractivity contribution in [3.8, 4) is 11.8 Å². The van der Waals surface area contributed by atoms with Gasteiger partial charge in [-0.05, 0) is 29.8 Å². The van der Waals surface area contributed by atoms with Crippen LogP contribution in [0.3, 0.4) is 0 Å². The molecule has 0 fully saturated rings. The summed E-state index contributed by atoms with van der Waals surface area (Å²) in [5.74, 6) is 0.235. The summed E-state index contributed by atoms with van der Waals surface area (Å²) in [4.78, 5) is 12.2. The number of alkyl halides is 1. The zero-order valence-electron chi connectivity index (χ0n) is 11.4. The van der Waals surface area contributed by atoms with Gasteiger partial charge in [-0.15, -0.1) is 0 Å². The number of nitrogens with zero attached hydrogens (tertiary/aromatic N) is 1. The first-order valence-electron chi connectivity index (χ1n) is 6.22. The van der Waals surface area contributed by atoms with E-state index in [-0.39, 0.29) is 5.91 Å². The highest BCUT2D eigenvalue weighted by atomic mass is 79.9. The molecule has 0 aliphatic rings. The standard InChI is InChI=1S/C16H13BrN2O2/c1-21-15-8-12(10-18)4-7-14(15)19-16(20)13-5-2-11(9-17)3-6-13/h2-8H,9H2,1H3,(H,19,20). The molecule has 0 spiro atoms. The Bertz CT molecular complexity index is 690. The molecule has 1 N–H and O–H groups in total. The topological polar surface area (TPSA) is 62.1 Å². The van der Waals surface area contributed by atoms with Gasteiger partial charge in [-0.2, -0.15) is 5.26 Å². The Morgan fingerprint density at radius 2 is 2.00 bits per heavy atom. The van der Waals surface area contributed by atoms with Gasteiger partial charge in [-0.25, -0.2) is 0 Å². The van der Waals surface area contributed by atoms with Crippen LogP contribution in [0.5, 0.6) is 5.75 Å². The predicted octanol–water partition coefficient (Wildman–Crippen LogP) is 3.71. The second-order valence-corrected chi connectivity index (χ2v) is 4.87. The van der Waals surface area contributed by atoms with Crippen molar-refractivity contribution in [3.05, 3.63) is 59.2 Å². The average Bonchev–Trinajstić information content (AvgIpc) is 2.55. The Labute approximate surface area is 131 Å². The number of hydrogen-bond donors (Lipinski definition) is 1. The van der Waals surface area contributed by atoms with Gasteiger partial charge in [0.2, 0.25) is 0 Å². The zero-order valence-corrected chi connectivity index (χ0v) is 13.0. The Balaban J connectivity index is 2.20. The summed E-state index contributed by atoms with van der Waals surface area (Å²) in [6.07, 6.45) is 0. The van der Waals surface area contributed by atoms with Crippen LogP contribution in [0.15, 0.2) is 42.5 Å². The third-order valence-corrected chi connectivity index (χ3v) is 3.60. The van der Waals surface area contributed by atoms with E-state index in [1.54, 1.807) is 30.3 Å². The summed E-state index contributed by atoms with van der Waals surface area (Å²) in [6.45, 7) is 0. The number of nitrogens with one attached hydrogen (secondary N) is 1. The molecule has 21 heavy (non-hydrogen) atoms. The van der Waals surface area contributed by atoms with Crippen LogP contribution in [0.2, 0.25) is 0 Å². The monoisotopic (exact) mass is 344 g/mol. The van der Waals surface area contributed by atoms with Crippen LogP contribution in [0.4, 0.5) is 5.69 Å². The van der Waals surface area contributed by atoms with Crippen LogP contribution < -0.4 is 10.1 Å². The van der Waals surface area contributed by atoms with Gasteiger partial charge in [-0.3, -0.25) is 4.79 Å². The summed E-state index contributed by atoms with van der Waals surface area (Å²) in [7, 11) is 1.50. The Hall–Kier alpha value is -2.32. The van der Waals surface area contributed by atoms with E-state index in [2.05, 4.69) is 21.2 Å². The van der Waals surface area contributed by atoms with Crippen LogP contribution in [-0.2, 0) is 5.33 Å². The molecule has 0 bridgehead atoms. The van der Waals surface area contributed by atoms with E-state index in [0.29, 0.717) is 22.6 Å². The number of nitriles is 1. The van der Waals surface area contributed by atoms with Crippen LogP contribution >= 0.6 is 15.9 Å². The molecular formula is C16H13BrN2O2. The van der Waals surface area contributed by atoms with Crippen molar-refractivity contribution in [2.24, 2.45) is 0 Å². The first-order chi connectivity index (χ1) is 10.2. The lowest BCUT2D eigenvalue weighted by molar-refractivity contribution is 0.102. The van der Waals surface area contributed by atoms with Gasteiger partial charge in [0.1, 0.15) is 5.75 Å². The minimum Gasteiger partial charge on any atom is -0.495 e. The number of anilines is 1. The third kappa shape index (κ3) is 3.61. The molecule has 2 aromatic carbocycles. The molecule has 0 saturated heterocycles. The van der Waals surface area contributed by atoms with Gasteiger partial charge in [-0.1, -0.05) is 28.1 Å². The van der Waals surface area contributed by atoms with Crippen LogP contribution in [-0.4, -0.2) is 13.0 Å². The molecular weight excluding hydrogens is 332 g/mol. The van der Waals surface area contributed by atoms with Gasteiger partial charge in [0.25, 0.3) is 5.91 Å². The fourth-order valence-electron chi connectivity index (χ4n) is 1.80. The van der Waals surface area contributed by atoms with E-state index in [0.717, 1.165) is 10.9 Å². The van der Waals surface area contributed by atoms with Crippen molar-refractivity contribution in [2.45, 2.75) is 5.33 Å². The van der Waals surface area contributed by atoms with Crippen molar-refractivity contribution in [3.63, 3.8) is 0 Å². The molecule has 1 amide bonds. The van der Waals surface area contributed by atoms with E-state index >= 15 is 0 Å². The molecule has 2 rings (SSSR count). The lowest BCUT2D eigenvalue weighted by atomic mass is 10.1. The second-order valence-electron chi connectivity index (χ2n) is 4.31. The maximum atomic E-state index is 12.2. The molecule has 0 heterocycles. The first kappa shape index (κ1) is 15.1. The van der Waals surface area contributed by atoms with Gasteiger partial charge < -0.3 is 10.1 Å². The van der Waals surface area contributed by atoms with Gasteiger partial charge in [0.15, 0.2) is 0 Å². The molecule has 0 aliphatic carbocycles. The summed E-state index contributed by atoms with van der Waals surface area (Å²) in [5.41, 5.74) is 2.67. The number of halogens is 1. The average molecular weight is 345 g/mol. The molecule has 0 radical (unpaired) electrons. The van der Waals surface area contributed by atoms with E-state index in [9.17, 15) is 4.79 Å². The highest BCUT2D eigenvalue weighted by molar-refractivity contribution is 9.08. The molecule has 0 aromatic heterocycles. The molecule has 0 atom stereocenters. The van der Waals surface area contributed by atoms with Crippen molar-refractivity contribution in [1.82, 2.24) is 0 Å². The normalized spacial score (nSPS) is 9.76. The van der Waals surface area contributed by atoms with Gasteiger partial charge in [0, 0.05) is 17.0 Å². The van der Waals surface area contributed by atoms with Gasteiger partial charge >= 0.3 is 0 Å². The maximum Gasteiger partial charge on any atom is 0.255 e. The van der Waals surface area contributed by atoms with E-state index in [1.165, 1.54) is 7.11 Å². The molecule has 106 valence electrons. The molecule has 5 heteroatoms. The Morgan fingerprint density at radius 1 is 1.29 bits per heavy atom. The van der Waals surface area contributed by atoms with E-state index in [1.807, 2.05) is 18.2 Å². The van der Waals surface area contributed by atoms with Crippen LogP contribution in [0.25, 0.3) is 0 Å². The molecule has 2 aromatic rings. The second kappa shape index (κ2) is 6.91. The smallest absolute Gasteiger partial charge is 0.255 e. The first-order valence-corrected chi connectivity index (χ1v) is 7.34. The summed E-state index contributed by atoms with van der Waals surface area (Å²) in [6, 6.07) is 14.2.